The Bertz CT molecular complexity index is 585. The van der Waals surface area contributed by atoms with Gasteiger partial charge in [0, 0.05) is 4.88 Å². The number of nitrogen functional groups attached to an aromatic ring is 1. The number of benzene rings is 1. The second kappa shape index (κ2) is 5.37. The Hall–Kier alpha value is -1.59. The van der Waals surface area contributed by atoms with E-state index >= 15 is 0 Å². The van der Waals surface area contributed by atoms with Gasteiger partial charge in [0.25, 0.3) is 0 Å². The number of hydrogen-bond donors (Lipinski definition) is 2. The van der Waals surface area contributed by atoms with Crippen LogP contribution in [0, 0.1) is 11.2 Å². The lowest BCUT2D eigenvalue weighted by Gasteiger charge is -2.10. The monoisotopic (exact) mass is 284 g/mol. The predicted molar refractivity (Wildman–Crippen MR) is 71.1 cm³/mol. The van der Waals surface area contributed by atoms with Gasteiger partial charge in [-0.3, -0.25) is 5.41 Å². The summed E-state index contributed by atoms with van der Waals surface area (Å²) < 4.78 is 19.6. The van der Waals surface area contributed by atoms with Gasteiger partial charge in [-0.15, -0.1) is 11.3 Å². The van der Waals surface area contributed by atoms with Gasteiger partial charge < -0.3 is 10.5 Å². The minimum Gasteiger partial charge on any atom is -0.487 e. The van der Waals surface area contributed by atoms with Gasteiger partial charge >= 0.3 is 0 Å². The molecule has 3 N–H and O–H groups in total. The molecule has 1 aromatic heterocycles. The van der Waals surface area contributed by atoms with Gasteiger partial charge in [-0.2, -0.15) is 0 Å². The zero-order chi connectivity index (χ0) is 13.1. The van der Waals surface area contributed by atoms with Crippen molar-refractivity contribution in [2.45, 2.75) is 6.61 Å². The van der Waals surface area contributed by atoms with Gasteiger partial charge in [-0.25, -0.2) is 4.39 Å². The zero-order valence-electron chi connectivity index (χ0n) is 9.24. The highest BCUT2D eigenvalue weighted by molar-refractivity contribution is 7.16. The number of amidine groups is 1. The molecule has 3 nitrogen and oxygen atoms in total. The van der Waals surface area contributed by atoms with Gasteiger partial charge in [0.2, 0.25) is 0 Å². The molecular weight excluding hydrogens is 275 g/mol. The zero-order valence-corrected chi connectivity index (χ0v) is 10.8. The minimum atomic E-state index is -0.566. The van der Waals surface area contributed by atoms with Crippen LogP contribution in [-0.2, 0) is 6.61 Å². The molecular formula is C12H10ClFN2OS. The van der Waals surface area contributed by atoms with E-state index in [-0.39, 0.29) is 23.8 Å². The maximum Gasteiger partial charge on any atom is 0.137 e. The molecule has 2 rings (SSSR count). The van der Waals surface area contributed by atoms with E-state index in [0.29, 0.717) is 4.34 Å². The van der Waals surface area contributed by atoms with Crippen LogP contribution in [-0.4, -0.2) is 5.84 Å². The molecule has 0 aliphatic carbocycles. The average Bonchev–Trinajstić information content (AvgIpc) is 2.72. The fourth-order valence-electron chi connectivity index (χ4n) is 1.46. The molecule has 0 aliphatic rings. The quantitative estimate of drug-likeness (QED) is 0.668. The molecule has 0 amide bonds. The van der Waals surface area contributed by atoms with Crippen LogP contribution in [0.1, 0.15) is 10.4 Å². The molecule has 1 aromatic carbocycles. The highest BCUT2D eigenvalue weighted by Crippen LogP contribution is 2.25. The summed E-state index contributed by atoms with van der Waals surface area (Å²) >= 11 is 7.19. The Morgan fingerprint density at radius 3 is 2.78 bits per heavy atom. The van der Waals surface area contributed by atoms with Gasteiger partial charge in [0.05, 0.1) is 9.90 Å². The first kappa shape index (κ1) is 12.9. The molecule has 0 atom stereocenters. The molecule has 6 heteroatoms. The molecule has 0 radical (unpaired) electrons. The van der Waals surface area contributed by atoms with Crippen LogP contribution in [0.4, 0.5) is 4.39 Å². The highest BCUT2D eigenvalue weighted by atomic mass is 35.5. The first-order valence-electron chi connectivity index (χ1n) is 5.08. The SMILES string of the molecule is N=C(N)c1c(F)cccc1OCc1ccc(Cl)s1. The smallest absolute Gasteiger partial charge is 0.137 e. The number of halogens is 2. The average molecular weight is 285 g/mol. The number of nitrogens with one attached hydrogen (secondary N) is 1. The standard InChI is InChI=1S/C12H10ClFN2OS/c13-10-5-4-7(18-10)6-17-9-3-1-2-8(14)11(9)12(15)16/h1-5H,6H2,(H3,15,16). The van der Waals surface area contributed by atoms with Gasteiger partial charge in [-0.05, 0) is 24.3 Å². The van der Waals surface area contributed by atoms with Crippen molar-refractivity contribution in [1.82, 2.24) is 0 Å². The number of nitrogens with two attached hydrogens (primary N) is 1. The Morgan fingerprint density at radius 2 is 2.17 bits per heavy atom. The summed E-state index contributed by atoms with van der Waals surface area (Å²) in [6.07, 6.45) is 0. The molecule has 2 aromatic rings. The van der Waals surface area contributed by atoms with E-state index < -0.39 is 5.82 Å². The first-order chi connectivity index (χ1) is 8.58. The largest absolute Gasteiger partial charge is 0.487 e. The van der Waals surface area contributed by atoms with Crippen LogP contribution in [0.2, 0.25) is 4.34 Å². The van der Waals surface area contributed by atoms with Crippen molar-refractivity contribution in [3.8, 4) is 5.75 Å². The molecule has 0 unspecified atom stereocenters. The van der Waals surface area contributed by atoms with Crippen molar-refractivity contribution in [2.75, 3.05) is 0 Å². The summed E-state index contributed by atoms with van der Waals surface area (Å²) in [7, 11) is 0. The summed E-state index contributed by atoms with van der Waals surface area (Å²) in [5, 5.41) is 7.34. The van der Waals surface area contributed by atoms with Crippen LogP contribution in [0.25, 0.3) is 0 Å². The van der Waals surface area contributed by atoms with E-state index in [1.54, 1.807) is 12.1 Å². The van der Waals surface area contributed by atoms with Crippen molar-refractivity contribution in [1.29, 1.82) is 5.41 Å². The van der Waals surface area contributed by atoms with Crippen molar-refractivity contribution < 1.29 is 9.13 Å². The van der Waals surface area contributed by atoms with Crippen molar-refractivity contribution in [3.63, 3.8) is 0 Å². The molecule has 0 saturated carbocycles. The van der Waals surface area contributed by atoms with E-state index in [1.165, 1.54) is 23.5 Å². The molecule has 0 aliphatic heterocycles. The van der Waals surface area contributed by atoms with E-state index in [0.717, 1.165) is 4.88 Å². The lowest BCUT2D eigenvalue weighted by Crippen LogP contribution is -2.15. The Morgan fingerprint density at radius 1 is 1.39 bits per heavy atom. The summed E-state index contributed by atoms with van der Waals surface area (Å²) in [4.78, 5) is 0.916. The van der Waals surface area contributed by atoms with Crippen molar-refractivity contribution in [3.05, 3.63) is 50.9 Å². The van der Waals surface area contributed by atoms with E-state index in [4.69, 9.17) is 27.5 Å². The summed E-state index contributed by atoms with van der Waals surface area (Å²) in [6.45, 7) is 0.265. The van der Waals surface area contributed by atoms with E-state index in [9.17, 15) is 4.39 Å². The topological polar surface area (TPSA) is 59.1 Å². The first-order valence-corrected chi connectivity index (χ1v) is 6.27. The number of rotatable bonds is 4. The molecule has 0 fully saturated rings. The molecule has 18 heavy (non-hydrogen) atoms. The Balaban J connectivity index is 2.19. The summed E-state index contributed by atoms with van der Waals surface area (Å²) in [6, 6.07) is 7.93. The Kier molecular flexibility index (Phi) is 3.84. The van der Waals surface area contributed by atoms with E-state index in [2.05, 4.69) is 0 Å². The number of ether oxygens (including phenoxy) is 1. The van der Waals surface area contributed by atoms with Gasteiger partial charge in [0.15, 0.2) is 0 Å². The second-order valence-corrected chi connectivity index (χ2v) is 5.32. The van der Waals surface area contributed by atoms with Crippen LogP contribution in [0.5, 0.6) is 5.75 Å². The Labute approximate surface area is 112 Å². The van der Waals surface area contributed by atoms with Crippen molar-refractivity contribution in [2.24, 2.45) is 5.73 Å². The summed E-state index contributed by atoms with van der Waals surface area (Å²) in [5.41, 5.74) is 5.32. The third kappa shape index (κ3) is 2.80. The van der Waals surface area contributed by atoms with Gasteiger partial charge in [-0.1, -0.05) is 17.7 Å². The predicted octanol–water partition coefficient (Wildman–Crippen LogP) is 3.40. The highest BCUT2D eigenvalue weighted by Gasteiger charge is 2.12. The fourth-order valence-corrected chi connectivity index (χ4v) is 2.46. The molecule has 0 spiro atoms. The lowest BCUT2D eigenvalue weighted by molar-refractivity contribution is 0.307. The third-order valence-corrected chi connectivity index (χ3v) is 3.45. The van der Waals surface area contributed by atoms with Crippen LogP contribution in [0.15, 0.2) is 30.3 Å². The normalized spacial score (nSPS) is 10.3. The summed E-state index contributed by atoms with van der Waals surface area (Å²) in [5.74, 6) is -0.663. The lowest BCUT2D eigenvalue weighted by atomic mass is 10.1. The third-order valence-electron chi connectivity index (χ3n) is 2.24. The number of hydrogen-bond acceptors (Lipinski definition) is 3. The maximum absolute atomic E-state index is 13.5. The maximum atomic E-state index is 13.5. The molecule has 0 bridgehead atoms. The van der Waals surface area contributed by atoms with Crippen molar-refractivity contribution >= 4 is 28.8 Å². The fraction of sp³-hybridized carbons (Fsp3) is 0.0833. The van der Waals surface area contributed by atoms with E-state index in [1.807, 2.05) is 6.07 Å². The van der Waals surface area contributed by atoms with Crippen LogP contribution in [0.3, 0.4) is 0 Å². The van der Waals surface area contributed by atoms with Gasteiger partial charge in [0.1, 0.15) is 24.0 Å². The molecule has 94 valence electrons. The number of thiophene rings is 1. The van der Waals surface area contributed by atoms with Crippen LogP contribution >= 0.6 is 22.9 Å². The minimum absolute atomic E-state index is 0.0137. The molecule has 0 saturated heterocycles. The second-order valence-electron chi connectivity index (χ2n) is 3.52. The van der Waals surface area contributed by atoms with Crippen LogP contribution < -0.4 is 10.5 Å². The molecule has 1 heterocycles.